The van der Waals surface area contributed by atoms with Crippen LogP contribution >= 0.6 is 0 Å². The summed E-state index contributed by atoms with van der Waals surface area (Å²) in [6.45, 7) is 2.01. The topological polar surface area (TPSA) is 203 Å². The lowest BCUT2D eigenvalue weighted by molar-refractivity contribution is -0.142. The SMILES string of the molecule is COC[C@@H]1C[C@H](C)CC/C=C\[C@@H]2C[C@@]2(C(=O)NS(=O)(=O)C2CC2)NC(=O)[C@@H]2C[C@@H](Oc3nccc4cc(OC)ccc34)CN2C(=O)[C@H]1NC(=O)O. The van der Waals surface area contributed by atoms with Crippen LogP contribution in [0.4, 0.5) is 4.79 Å². The first-order valence-corrected chi connectivity index (χ1v) is 18.8. The van der Waals surface area contributed by atoms with Gasteiger partial charge in [0.05, 0.1) is 25.5 Å². The molecule has 16 heteroatoms. The summed E-state index contributed by atoms with van der Waals surface area (Å²) >= 11 is 0. The van der Waals surface area contributed by atoms with Crippen molar-refractivity contribution >= 4 is 44.6 Å². The molecule has 2 aliphatic carbocycles. The number of carbonyl (C=O) groups excluding carboxylic acids is 3. The number of hydrogen-bond acceptors (Lipinski definition) is 10. The van der Waals surface area contributed by atoms with Crippen LogP contribution in [-0.2, 0) is 29.1 Å². The number of rotatable bonds is 9. The van der Waals surface area contributed by atoms with Gasteiger partial charge in [-0.1, -0.05) is 19.1 Å². The third kappa shape index (κ3) is 7.91. The van der Waals surface area contributed by atoms with Crippen LogP contribution in [0.5, 0.6) is 11.6 Å². The number of carbonyl (C=O) groups is 4. The van der Waals surface area contributed by atoms with Crippen LogP contribution in [0, 0.1) is 17.8 Å². The van der Waals surface area contributed by atoms with Crippen molar-refractivity contribution in [1.82, 2.24) is 25.2 Å². The van der Waals surface area contributed by atoms with Gasteiger partial charge in [-0.05, 0) is 74.1 Å². The Kier molecular flexibility index (Phi) is 10.4. The summed E-state index contributed by atoms with van der Waals surface area (Å²) in [6.07, 6.45) is 6.05. The van der Waals surface area contributed by atoms with Crippen molar-refractivity contribution in [3.05, 3.63) is 42.6 Å². The van der Waals surface area contributed by atoms with Gasteiger partial charge >= 0.3 is 6.09 Å². The highest BCUT2D eigenvalue weighted by molar-refractivity contribution is 7.91. The maximum Gasteiger partial charge on any atom is 0.405 e. The molecule has 1 aromatic heterocycles. The third-order valence-corrected chi connectivity index (χ3v) is 12.1. The first kappa shape index (κ1) is 36.4. The Balaban J connectivity index is 1.35. The Morgan fingerprint density at radius 1 is 1.14 bits per heavy atom. The van der Waals surface area contributed by atoms with Crippen LogP contribution in [0.25, 0.3) is 10.8 Å². The largest absolute Gasteiger partial charge is 0.497 e. The number of nitrogens with zero attached hydrogens (tertiary/aromatic N) is 2. The molecular formula is C35H45N5O10S. The van der Waals surface area contributed by atoms with E-state index in [0.29, 0.717) is 43.2 Å². The molecule has 1 aromatic carbocycles. The molecule has 2 aromatic rings. The Hall–Kier alpha value is -4.44. The zero-order valence-electron chi connectivity index (χ0n) is 28.9. The van der Waals surface area contributed by atoms with Gasteiger partial charge in [-0.2, -0.15) is 0 Å². The molecule has 6 rings (SSSR count). The average molecular weight is 728 g/mol. The fourth-order valence-electron chi connectivity index (χ4n) is 7.33. The Labute approximate surface area is 296 Å². The molecule has 51 heavy (non-hydrogen) atoms. The molecule has 276 valence electrons. The quantitative estimate of drug-likeness (QED) is 0.276. The molecule has 4 N–H and O–H groups in total. The number of hydrogen-bond donors (Lipinski definition) is 4. The number of amides is 4. The van der Waals surface area contributed by atoms with Gasteiger partial charge in [-0.3, -0.25) is 19.1 Å². The number of sulfonamides is 1. The van der Waals surface area contributed by atoms with E-state index in [1.165, 1.54) is 12.0 Å². The van der Waals surface area contributed by atoms with Crippen LogP contribution in [0.3, 0.4) is 0 Å². The van der Waals surface area contributed by atoms with E-state index in [2.05, 4.69) is 20.3 Å². The molecule has 0 radical (unpaired) electrons. The summed E-state index contributed by atoms with van der Waals surface area (Å²) < 4.78 is 44.9. The summed E-state index contributed by atoms with van der Waals surface area (Å²) in [5, 5.41) is 15.9. The summed E-state index contributed by atoms with van der Waals surface area (Å²) in [7, 11) is -0.869. The monoisotopic (exact) mass is 727 g/mol. The van der Waals surface area contributed by atoms with Crippen molar-refractivity contribution in [3.8, 4) is 11.6 Å². The third-order valence-electron chi connectivity index (χ3n) is 10.3. The highest BCUT2D eigenvalue weighted by atomic mass is 32.2. The van der Waals surface area contributed by atoms with Crippen molar-refractivity contribution < 1.29 is 46.9 Å². The molecule has 0 spiro atoms. The summed E-state index contributed by atoms with van der Waals surface area (Å²) in [4.78, 5) is 60.3. The smallest absolute Gasteiger partial charge is 0.405 e. The number of pyridine rings is 1. The fraction of sp³-hybridized carbons (Fsp3) is 0.571. The van der Waals surface area contributed by atoms with Gasteiger partial charge in [0, 0.05) is 36.9 Å². The van der Waals surface area contributed by atoms with E-state index >= 15 is 0 Å². The first-order valence-electron chi connectivity index (χ1n) is 17.3. The van der Waals surface area contributed by atoms with Gasteiger partial charge in [0.25, 0.3) is 5.91 Å². The number of benzene rings is 1. The summed E-state index contributed by atoms with van der Waals surface area (Å²) in [5.41, 5.74) is -1.54. The number of aromatic nitrogens is 1. The van der Waals surface area contributed by atoms with Crippen LogP contribution < -0.4 is 24.8 Å². The zero-order valence-corrected chi connectivity index (χ0v) is 29.7. The average Bonchev–Trinajstić information content (AvgIpc) is 4.02. The molecule has 2 saturated carbocycles. The molecule has 4 amide bonds. The normalized spacial score (nSPS) is 30.5. The lowest BCUT2D eigenvalue weighted by atomic mass is 9.87. The minimum Gasteiger partial charge on any atom is -0.497 e. The number of allylic oxidation sites excluding steroid dienone is 1. The van der Waals surface area contributed by atoms with Gasteiger partial charge in [0.1, 0.15) is 29.5 Å². The second kappa shape index (κ2) is 14.7. The summed E-state index contributed by atoms with van der Waals surface area (Å²) in [6, 6.07) is 4.75. The Morgan fingerprint density at radius 2 is 1.92 bits per heavy atom. The number of methoxy groups -OCH3 is 2. The van der Waals surface area contributed by atoms with Crippen molar-refractivity contribution in [1.29, 1.82) is 0 Å². The fourth-order valence-corrected chi connectivity index (χ4v) is 8.70. The van der Waals surface area contributed by atoms with E-state index in [9.17, 15) is 32.7 Å². The molecule has 2 aliphatic heterocycles. The maximum absolute atomic E-state index is 14.5. The number of nitrogens with one attached hydrogen (secondary N) is 3. The van der Waals surface area contributed by atoms with Crippen molar-refractivity contribution in [2.45, 2.75) is 80.8 Å². The van der Waals surface area contributed by atoms with Crippen LogP contribution in [-0.4, -0.2) is 104 Å². The van der Waals surface area contributed by atoms with Gasteiger partial charge in [0.15, 0.2) is 0 Å². The van der Waals surface area contributed by atoms with Gasteiger partial charge in [-0.15, -0.1) is 0 Å². The second-order valence-corrected chi connectivity index (χ2v) is 16.1. The van der Waals surface area contributed by atoms with Gasteiger partial charge in [0.2, 0.25) is 27.7 Å². The van der Waals surface area contributed by atoms with E-state index in [1.807, 2.05) is 25.1 Å². The standard InChI is InChI=1S/C35H45N5O10S/c1-20-6-4-5-7-23-17-35(23,33(43)39-51(46,47)26-9-10-26)38-30(41)28-16-25(50-31-27-11-8-24(49-3)15-21(27)12-13-36-31)18-40(28)32(42)29(37-34(44)45)22(14-20)19-48-2/h5,7-8,11-13,15,20,22-23,25-26,28-29,37H,4,6,9-10,14,16-19H2,1-3H3,(H,38,41)(H,39,43)(H,44,45)/b7-5-/t20-,22+,23-,25-,28+,29+,35-/m1/s1. The molecule has 7 atom stereocenters. The van der Waals surface area contributed by atoms with E-state index < -0.39 is 74.7 Å². The highest BCUT2D eigenvalue weighted by Crippen LogP contribution is 2.46. The summed E-state index contributed by atoms with van der Waals surface area (Å²) in [5.74, 6) is -2.18. The highest BCUT2D eigenvalue weighted by Gasteiger charge is 2.62. The van der Waals surface area contributed by atoms with Crippen molar-refractivity contribution in [2.75, 3.05) is 27.4 Å². The molecule has 3 fully saturated rings. The second-order valence-electron chi connectivity index (χ2n) is 14.1. The van der Waals surface area contributed by atoms with E-state index in [-0.39, 0.29) is 37.8 Å². The molecule has 15 nitrogen and oxygen atoms in total. The molecule has 3 heterocycles. The molecule has 0 bridgehead atoms. The predicted octanol–water partition coefficient (Wildman–Crippen LogP) is 2.35. The number of carboxylic acid groups (broad SMARTS) is 1. The predicted molar refractivity (Wildman–Crippen MR) is 184 cm³/mol. The molecule has 0 unspecified atom stereocenters. The maximum atomic E-state index is 14.5. The minimum atomic E-state index is -3.91. The van der Waals surface area contributed by atoms with E-state index in [0.717, 1.165) is 5.39 Å². The van der Waals surface area contributed by atoms with Crippen LogP contribution in [0.1, 0.15) is 51.9 Å². The Bertz CT molecular complexity index is 1820. The van der Waals surface area contributed by atoms with E-state index in [4.69, 9.17) is 14.2 Å². The van der Waals surface area contributed by atoms with Gasteiger partial charge in [-0.25, -0.2) is 18.2 Å². The molecule has 4 aliphatic rings. The lowest BCUT2D eigenvalue weighted by Gasteiger charge is -2.33. The van der Waals surface area contributed by atoms with E-state index in [1.54, 1.807) is 31.5 Å². The van der Waals surface area contributed by atoms with Crippen LogP contribution in [0.2, 0.25) is 0 Å². The van der Waals surface area contributed by atoms with Crippen molar-refractivity contribution in [2.24, 2.45) is 17.8 Å². The van der Waals surface area contributed by atoms with Gasteiger partial charge < -0.3 is 34.9 Å². The minimum absolute atomic E-state index is 0.00445. The molecular weight excluding hydrogens is 682 g/mol. The number of ether oxygens (including phenoxy) is 3. The zero-order chi connectivity index (χ0) is 36.5. The molecule has 1 saturated heterocycles. The first-order chi connectivity index (χ1) is 24.3. The van der Waals surface area contributed by atoms with Crippen molar-refractivity contribution in [3.63, 3.8) is 0 Å². The lowest BCUT2D eigenvalue weighted by Crippen LogP contribution is -2.59. The Morgan fingerprint density at radius 3 is 2.63 bits per heavy atom. The van der Waals surface area contributed by atoms with Crippen LogP contribution in [0.15, 0.2) is 42.6 Å². The number of fused-ring (bicyclic) bond motifs is 3.